The third-order valence-electron chi connectivity index (χ3n) is 4.77. The van der Waals surface area contributed by atoms with Crippen LogP contribution in [0.2, 0.25) is 0 Å². The summed E-state index contributed by atoms with van der Waals surface area (Å²) >= 11 is 0. The molecule has 0 aliphatic rings. The third kappa shape index (κ3) is 5.10. The van der Waals surface area contributed by atoms with Crippen molar-refractivity contribution in [1.82, 2.24) is 5.09 Å². The minimum Gasteiger partial charge on any atom is -0.296 e. The Morgan fingerprint density at radius 2 is 1.32 bits per heavy atom. The van der Waals surface area contributed by atoms with Gasteiger partial charge in [0.2, 0.25) is 7.29 Å². The zero-order valence-corrected chi connectivity index (χ0v) is 17.3. The van der Waals surface area contributed by atoms with Gasteiger partial charge in [-0.25, -0.2) is 5.09 Å². The summed E-state index contributed by atoms with van der Waals surface area (Å²) in [5.41, 5.74) is 1.11. The lowest BCUT2D eigenvalue weighted by molar-refractivity contribution is 0.573. The Balaban J connectivity index is 2.00. The molecule has 1 atom stereocenters. The van der Waals surface area contributed by atoms with Gasteiger partial charge in [-0.1, -0.05) is 98.6 Å². The highest BCUT2D eigenvalue weighted by atomic mass is 31.2. The fourth-order valence-corrected chi connectivity index (χ4v) is 5.62. The third-order valence-corrected chi connectivity index (χ3v) is 7.46. The number of allylic oxidation sites excluding steroid dienone is 1. The van der Waals surface area contributed by atoms with Crippen LogP contribution in [0.1, 0.15) is 37.8 Å². The molecule has 0 aliphatic carbocycles. The standard InChI is InChI=1S/C25H28NOP/c1-2-3-4-14-21-25(22-15-8-5-9-16-22)26-28(27,23-17-10-6-11-18-23)24-19-12-7-13-20-24/h5-21,25H,2-4H2,1H3,(H,26,27)/b21-14+. The van der Waals surface area contributed by atoms with E-state index in [-0.39, 0.29) is 6.04 Å². The summed E-state index contributed by atoms with van der Waals surface area (Å²) in [5.74, 6) is 0. The molecule has 3 heteroatoms. The number of hydrogen-bond acceptors (Lipinski definition) is 1. The lowest BCUT2D eigenvalue weighted by Gasteiger charge is -2.26. The first-order valence-electron chi connectivity index (χ1n) is 9.94. The summed E-state index contributed by atoms with van der Waals surface area (Å²) in [6.45, 7) is 2.19. The molecule has 144 valence electrons. The van der Waals surface area contributed by atoms with Crippen molar-refractivity contribution < 1.29 is 4.57 Å². The van der Waals surface area contributed by atoms with Gasteiger partial charge in [0.05, 0.1) is 6.04 Å². The van der Waals surface area contributed by atoms with E-state index in [1.54, 1.807) is 0 Å². The van der Waals surface area contributed by atoms with Crippen LogP contribution in [0.5, 0.6) is 0 Å². The van der Waals surface area contributed by atoms with Crippen LogP contribution in [-0.4, -0.2) is 0 Å². The van der Waals surface area contributed by atoms with Crippen LogP contribution >= 0.6 is 7.29 Å². The lowest BCUT2D eigenvalue weighted by atomic mass is 10.1. The van der Waals surface area contributed by atoms with Crippen molar-refractivity contribution >= 4 is 17.9 Å². The molecule has 0 spiro atoms. The smallest absolute Gasteiger partial charge is 0.205 e. The Hall–Kier alpha value is -2.41. The second-order valence-electron chi connectivity index (χ2n) is 6.87. The molecule has 0 aliphatic heterocycles. The van der Waals surface area contributed by atoms with Gasteiger partial charge >= 0.3 is 0 Å². The maximum absolute atomic E-state index is 14.3. The highest BCUT2D eigenvalue weighted by molar-refractivity contribution is 7.76. The van der Waals surface area contributed by atoms with Crippen molar-refractivity contribution in [2.75, 3.05) is 0 Å². The van der Waals surface area contributed by atoms with Gasteiger partial charge in [0, 0.05) is 10.6 Å². The molecule has 28 heavy (non-hydrogen) atoms. The van der Waals surface area contributed by atoms with E-state index in [1.807, 2.05) is 78.9 Å². The average Bonchev–Trinajstić information content (AvgIpc) is 2.77. The molecule has 0 saturated heterocycles. The van der Waals surface area contributed by atoms with Crippen molar-refractivity contribution in [2.24, 2.45) is 0 Å². The Labute approximate surface area is 168 Å². The minimum absolute atomic E-state index is 0.121. The molecule has 3 aromatic carbocycles. The van der Waals surface area contributed by atoms with E-state index in [9.17, 15) is 4.57 Å². The van der Waals surface area contributed by atoms with E-state index in [4.69, 9.17) is 0 Å². The summed E-state index contributed by atoms with van der Waals surface area (Å²) in [6.07, 6.45) is 7.72. The summed E-state index contributed by atoms with van der Waals surface area (Å²) in [5, 5.41) is 5.17. The van der Waals surface area contributed by atoms with Gasteiger partial charge in [-0.05, 0) is 36.2 Å². The summed E-state index contributed by atoms with van der Waals surface area (Å²) in [7, 11) is -3.00. The molecule has 0 saturated carbocycles. The Morgan fingerprint density at radius 1 is 0.821 bits per heavy atom. The molecule has 0 radical (unpaired) electrons. The predicted molar refractivity (Wildman–Crippen MR) is 121 cm³/mol. The molecule has 1 unspecified atom stereocenters. The average molecular weight is 389 g/mol. The van der Waals surface area contributed by atoms with Crippen LogP contribution in [-0.2, 0) is 4.57 Å². The Bertz CT molecular complexity index is 864. The largest absolute Gasteiger partial charge is 0.296 e. The van der Waals surface area contributed by atoms with E-state index in [0.717, 1.165) is 29.0 Å². The number of hydrogen-bond donors (Lipinski definition) is 1. The van der Waals surface area contributed by atoms with Crippen molar-refractivity contribution in [3.63, 3.8) is 0 Å². The molecule has 0 fully saturated rings. The maximum Gasteiger partial charge on any atom is 0.205 e. The molecular weight excluding hydrogens is 361 g/mol. The maximum atomic E-state index is 14.3. The fourth-order valence-electron chi connectivity index (χ4n) is 3.21. The fraction of sp³-hybridized carbons (Fsp3) is 0.200. The van der Waals surface area contributed by atoms with E-state index < -0.39 is 7.29 Å². The van der Waals surface area contributed by atoms with Crippen molar-refractivity contribution in [1.29, 1.82) is 0 Å². The Kier molecular flexibility index (Phi) is 7.42. The van der Waals surface area contributed by atoms with Crippen LogP contribution in [0.15, 0.2) is 103 Å². The minimum atomic E-state index is -3.00. The van der Waals surface area contributed by atoms with Crippen molar-refractivity contribution in [2.45, 2.75) is 32.2 Å². The van der Waals surface area contributed by atoms with E-state index in [1.165, 1.54) is 6.42 Å². The van der Waals surface area contributed by atoms with Crippen molar-refractivity contribution in [3.8, 4) is 0 Å². The molecule has 2 nitrogen and oxygen atoms in total. The van der Waals surface area contributed by atoms with E-state index in [0.29, 0.717) is 0 Å². The second-order valence-corrected chi connectivity index (χ2v) is 9.38. The lowest BCUT2D eigenvalue weighted by Crippen LogP contribution is -2.30. The first kappa shape index (κ1) is 20.3. The summed E-state index contributed by atoms with van der Waals surface area (Å²) < 4.78 is 14.3. The van der Waals surface area contributed by atoms with Crippen LogP contribution < -0.4 is 15.7 Å². The van der Waals surface area contributed by atoms with Gasteiger partial charge in [-0.2, -0.15) is 0 Å². The first-order valence-corrected chi connectivity index (χ1v) is 11.7. The second kappa shape index (κ2) is 10.2. The topological polar surface area (TPSA) is 29.1 Å². The number of rotatable bonds is 9. The van der Waals surface area contributed by atoms with Crippen LogP contribution in [0, 0.1) is 0 Å². The SMILES string of the molecule is CCCC/C=C/C(NP(=O)(c1ccccc1)c1ccccc1)c1ccccc1. The number of nitrogens with one attached hydrogen (secondary N) is 1. The molecular formula is C25H28NOP. The van der Waals surface area contributed by atoms with E-state index in [2.05, 4.69) is 36.3 Å². The van der Waals surface area contributed by atoms with Crippen LogP contribution in [0.3, 0.4) is 0 Å². The number of unbranched alkanes of at least 4 members (excludes halogenated alkanes) is 2. The molecule has 0 amide bonds. The van der Waals surface area contributed by atoms with Gasteiger partial charge in [-0.15, -0.1) is 0 Å². The summed E-state index contributed by atoms with van der Waals surface area (Å²) in [4.78, 5) is 0. The normalized spacial score (nSPS) is 12.9. The highest BCUT2D eigenvalue weighted by Gasteiger charge is 2.29. The van der Waals surface area contributed by atoms with Gasteiger partial charge in [-0.3, -0.25) is 4.57 Å². The monoisotopic (exact) mass is 389 g/mol. The molecule has 3 rings (SSSR count). The zero-order chi connectivity index (χ0) is 19.7. The molecule has 3 aromatic rings. The van der Waals surface area contributed by atoms with Crippen molar-refractivity contribution in [3.05, 3.63) is 109 Å². The molecule has 0 bridgehead atoms. The molecule has 0 aromatic heterocycles. The number of benzene rings is 3. The molecule has 0 heterocycles. The first-order chi connectivity index (χ1) is 13.7. The summed E-state index contributed by atoms with van der Waals surface area (Å²) in [6, 6.07) is 29.6. The van der Waals surface area contributed by atoms with Gasteiger partial charge in [0.25, 0.3) is 0 Å². The quantitative estimate of drug-likeness (QED) is 0.277. The Morgan fingerprint density at radius 3 is 1.82 bits per heavy atom. The zero-order valence-electron chi connectivity index (χ0n) is 16.4. The van der Waals surface area contributed by atoms with Gasteiger partial charge < -0.3 is 0 Å². The van der Waals surface area contributed by atoms with Crippen LogP contribution in [0.25, 0.3) is 0 Å². The molecule has 1 N–H and O–H groups in total. The van der Waals surface area contributed by atoms with E-state index >= 15 is 0 Å². The van der Waals surface area contributed by atoms with Gasteiger partial charge in [0.1, 0.15) is 0 Å². The van der Waals surface area contributed by atoms with Crippen LogP contribution in [0.4, 0.5) is 0 Å². The van der Waals surface area contributed by atoms with Gasteiger partial charge in [0.15, 0.2) is 0 Å². The highest BCUT2D eigenvalue weighted by Crippen LogP contribution is 2.42. The predicted octanol–water partition coefficient (Wildman–Crippen LogP) is 5.99.